The van der Waals surface area contributed by atoms with Gasteiger partial charge in [0, 0.05) is 32.0 Å². The summed E-state index contributed by atoms with van der Waals surface area (Å²) in [5.41, 5.74) is 2.77. The highest BCUT2D eigenvalue weighted by Gasteiger charge is 2.06. The normalized spacial score (nSPS) is 10.7. The summed E-state index contributed by atoms with van der Waals surface area (Å²) in [5, 5.41) is 11.2. The van der Waals surface area contributed by atoms with E-state index in [-0.39, 0.29) is 5.91 Å². The van der Waals surface area contributed by atoms with E-state index in [1.165, 1.54) is 0 Å². The highest BCUT2D eigenvalue weighted by Crippen LogP contribution is 2.02. The molecule has 2 rings (SSSR count). The van der Waals surface area contributed by atoms with Crippen LogP contribution in [0.15, 0.2) is 18.5 Å². The summed E-state index contributed by atoms with van der Waals surface area (Å²) in [6.07, 6.45) is 4.13. The van der Waals surface area contributed by atoms with Crippen molar-refractivity contribution >= 4 is 5.91 Å². The third-order valence-corrected chi connectivity index (χ3v) is 2.90. The lowest BCUT2D eigenvalue weighted by Gasteiger charge is -2.05. The minimum Gasteiger partial charge on any atom is -0.352 e. The molecule has 102 valence electrons. The van der Waals surface area contributed by atoms with E-state index >= 15 is 0 Å². The van der Waals surface area contributed by atoms with Crippen molar-refractivity contribution in [3.63, 3.8) is 0 Å². The Morgan fingerprint density at radius 2 is 2.21 bits per heavy atom. The van der Waals surface area contributed by atoms with Gasteiger partial charge >= 0.3 is 0 Å². The molecule has 0 saturated carbocycles. The fraction of sp³-hybridized carbons (Fsp3) is 0.462. The average molecular weight is 261 g/mol. The molecule has 0 aliphatic rings. The largest absolute Gasteiger partial charge is 0.352 e. The number of carbonyl (C=O) groups excluding carboxylic acids is 1. The molecule has 1 amide bonds. The highest BCUT2D eigenvalue weighted by atomic mass is 16.1. The zero-order valence-corrected chi connectivity index (χ0v) is 11.6. The first-order valence-electron chi connectivity index (χ1n) is 6.34. The molecule has 0 saturated heterocycles. The summed E-state index contributed by atoms with van der Waals surface area (Å²) in [6.45, 7) is 5.46. The van der Waals surface area contributed by atoms with E-state index in [2.05, 4.69) is 15.5 Å². The van der Waals surface area contributed by atoms with Crippen molar-refractivity contribution < 1.29 is 4.79 Å². The van der Waals surface area contributed by atoms with Crippen LogP contribution in [0.3, 0.4) is 0 Å². The Kier molecular flexibility index (Phi) is 3.99. The van der Waals surface area contributed by atoms with Gasteiger partial charge in [0.15, 0.2) is 0 Å². The van der Waals surface area contributed by atoms with Crippen LogP contribution in [-0.4, -0.2) is 32.0 Å². The molecule has 6 nitrogen and oxygen atoms in total. The Labute approximate surface area is 112 Å². The van der Waals surface area contributed by atoms with Crippen LogP contribution >= 0.6 is 0 Å². The first kappa shape index (κ1) is 13.3. The number of rotatable bonds is 5. The Hall–Kier alpha value is -2.11. The Bertz CT molecular complexity index is 569. The van der Waals surface area contributed by atoms with Crippen LogP contribution in [0.2, 0.25) is 0 Å². The molecule has 0 spiro atoms. The summed E-state index contributed by atoms with van der Waals surface area (Å²) in [7, 11) is 1.79. The van der Waals surface area contributed by atoms with Gasteiger partial charge in [-0.2, -0.15) is 10.2 Å². The van der Waals surface area contributed by atoms with E-state index in [1.807, 2.05) is 24.6 Å². The van der Waals surface area contributed by atoms with Gasteiger partial charge in [0.2, 0.25) is 0 Å². The van der Waals surface area contributed by atoms with E-state index < -0.39 is 0 Å². The Balaban J connectivity index is 1.75. The van der Waals surface area contributed by atoms with E-state index in [4.69, 9.17) is 0 Å². The summed E-state index contributed by atoms with van der Waals surface area (Å²) < 4.78 is 3.58. The van der Waals surface area contributed by atoms with Gasteiger partial charge in [-0.3, -0.25) is 14.2 Å². The van der Waals surface area contributed by atoms with Gasteiger partial charge in [0.1, 0.15) is 0 Å². The molecule has 0 fully saturated rings. The zero-order valence-electron chi connectivity index (χ0n) is 11.6. The molecule has 0 aromatic carbocycles. The van der Waals surface area contributed by atoms with Gasteiger partial charge in [0.05, 0.1) is 17.5 Å². The molecule has 0 atom stereocenters. The number of hydrogen-bond acceptors (Lipinski definition) is 3. The molecule has 1 N–H and O–H groups in total. The molecule has 0 aliphatic heterocycles. The van der Waals surface area contributed by atoms with Crippen LogP contribution in [0.5, 0.6) is 0 Å². The van der Waals surface area contributed by atoms with Crippen molar-refractivity contribution in [1.29, 1.82) is 0 Å². The topological polar surface area (TPSA) is 64.7 Å². The molecular weight excluding hydrogens is 242 g/mol. The third-order valence-electron chi connectivity index (χ3n) is 2.90. The standard InChI is InChI=1S/C13H19N5O/c1-10-7-11(2)18(16-10)6-4-5-14-13(19)12-8-15-17(3)9-12/h7-9H,4-6H2,1-3H3,(H,14,19). The molecule has 0 unspecified atom stereocenters. The lowest BCUT2D eigenvalue weighted by atomic mass is 10.3. The van der Waals surface area contributed by atoms with Crippen molar-refractivity contribution in [2.45, 2.75) is 26.8 Å². The van der Waals surface area contributed by atoms with Crippen LogP contribution in [-0.2, 0) is 13.6 Å². The maximum Gasteiger partial charge on any atom is 0.254 e. The fourth-order valence-electron chi connectivity index (χ4n) is 1.97. The second-order valence-electron chi connectivity index (χ2n) is 4.66. The van der Waals surface area contributed by atoms with Crippen LogP contribution in [0, 0.1) is 13.8 Å². The van der Waals surface area contributed by atoms with Crippen molar-refractivity contribution in [2.75, 3.05) is 6.54 Å². The summed E-state index contributed by atoms with van der Waals surface area (Å²) in [4.78, 5) is 11.8. The molecule has 0 radical (unpaired) electrons. The van der Waals surface area contributed by atoms with E-state index in [9.17, 15) is 4.79 Å². The number of aromatic nitrogens is 4. The van der Waals surface area contributed by atoms with Crippen LogP contribution in [0.1, 0.15) is 28.2 Å². The third kappa shape index (κ3) is 3.43. The highest BCUT2D eigenvalue weighted by molar-refractivity contribution is 5.93. The van der Waals surface area contributed by atoms with Crippen molar-refractivity contribution in [1.82, 2.24) is 24.9 Å². The monoisotopic (exact) mass is 261 g/mol. The molecular formula is C13H19N5O. The predicted molar refractivity (Wildman–Crippen MR) is 71.9 cm³/mol. The zero-order chi connectivity index (χ0) is 13.8. The van der Waals surface area contributed by atoms with Gasteiger partial charge < -0.3 is 5.32 Å². The van der Waals surface area contributed by atoms with Crippen molar-refractivity contribution in [3.05, 3.63) is 35.4 Å². The van der Waals surface area contributed by atoms with Gasteiger partial charge in [0.25, 0.3) is 5.91 Å². The second kappa shape index (κ2) is 5.69. The van der Waals surface area contributed by atoms with Gasteiger partial charge in [-0.05, 0) is 26.3 Å². The van der Waals surface area contributed by atoms with Gasteiger partial charge in [-0.15, -0.1) is 0 Å². The number of hydrogen-bond donors (Lipinski definition) is 1. The summed E-state index contributed by atoms with van der Waals surface area (Å²) in [5.74, 6) is -0.0820. The predicted octanol–water partition coefficient (Wildman–Crippen LogP) is 1.05. The minimum atomic E-state index is -0.0820. The summed E-state index contributed by atoms with van der Waals surface area (Å²) in [6, 6.07) is 2.05. The smallest absolute Gasteiger partial charge is 0.254 e. The molecule has 2 aromatic rings. The van der Waals surface area contributed by atoms with Crippen molar-refractivity contribution in [2.24, 2.45) is 7.05 Å². The van der Waals surface area contributed by atoms with E-state index in [1.54, 1.807) is 24.1 Å². The van der Waals surface area contributed by atoms with Crippen LogP contribution in [0.4, 0.5) is 0 Å². The number of aryl methyl sites for hydroxylation is 4. The van der Waals surface area contributed by atoms with E-state index in [0.29, 0.717) is 12.1 Å². The summed E-state index contributed by atoms with van der Waals surface area (Å²) >= 11 is 0. The molecule has 6 heteroatoms. The SMILES string of the molecule is Cc1cc(C)n(CCCNC(=O)c2cnn(C)c2)n1. The lowest BCUT2D eigenvalue weighted by Crippen LogP contribution is -2.25. The number of amides is 1. The number of carbonyl (C=O) groups is 1. The molecule has 19 heavy (non-hydrogen) atoms. The van der Waals surface area contributed by atoms with E-state index in [0.717, 1.165) is 24.4 Å². The first-order valence-corrected chi connectivity index (χ1v) is 6.34. The maximum atomic E-state index is 11.8. The Morgan fingerprint density at radius 3 is 2.79 bits per heavy atom. The molecule has 0 bridgehead atoms. The maximum absolute atomic E-state index is 11.8. The molecule has 2 heterocycles. The van der Waals surface area contributed by atoms with Crippen LogP contribution < -0.4 is 5.32 Å². The fourth-order valence-corrected chi connectivity index (χ4v) is 1.97. The number of nitrogens with one attached hydrogen (secondary N) is 1. The quantitative estimate of drug-likeness (QED) is 0.818. The Morgan fingerprint density at radius 1 is 1.42 bits per heavy atom. The van der Waals surface area contributed by atoms with Gasteiger partial charge in [-0.25, -0.2) is 0 Å². The lowest BCUT2D eigenvalue weighted by molar-refractivity contribution is 0.0952. The average Bonchev–Trinajstić information content (AvgIpc) is 2.91. The molecule has 0 aliphatic carbocycles. The minimum absolute atomic E-state index is 0.0820. The number of nitrogens with zero attached hydrogens (tertiary/aromatic N) is 4. The second-order valence-corrected chi connectivity index (χ2v) is 4.66. The first-order chi connectivity index (χ1) is 9.06. The van der Waals surface area contributed by atoms with Gasteiger partial charge in [-0.1, -0.05) is 0 Å². The van der Waals surface area contributed by atoms with Crippen LogP contribution in [0.25, 0.3) is 0 Å². The molecule has 2 aromatic heterocycles. The van der Waals surface area contributed by atoms with Crippen molar-refractivity contribution in [3.8, 4) is 0 Å².